The zero-order chi connectivity index (χ0) is 23.3. The van der Waals surface area contributed by atoms with Crippen LogP contribution in [-0.4, -0.2) is 59.1 Å². The van der Waals surface area contributed by atoms with Crippen LogP contribution in [0.3, 0.4) is 0 Å². The molecule has 0 amide bonds. The van der Waals surface area contributed by atoms with Crippen LogP contribution in [0.1, 0.15) is 25.0 Å². The first-order valence-corrected chi connectivity index (χ1v) is 8.72. The molecule has 0 aliphatic rings. The normalized spacial score (nSPS) is 14.1. The van der Waals surface area contributed by atoms with E-state index in [0.29, 0.717) is 11.1 Å². The molecule has 12 N–H and O–H groups in total. The summed E-state index contributed by atoms with van der Waals surface area (Å²) in [5, 5.41) is 54.1. The van der Waals surface area contributed by atoms with E-state index in [0.717, 1.165) is 0 Å². The van der Waals surface area contributed by atoms with E-state index in [-0.39, 0.29) is 41.3 Å². The number of benzene rings is 2. The predicted molar refractivity (Wildman–Crippen MR) is 111 cm³/mol. The minimum absolute atomic E-state index is 0. The van der Waals surface area contributed by atoms with Crippen LogP contribution in [0.2, 0.25) is 0 Å². The van der Waals surface area contributed by atoms with Gasteiger partial charge in [-0.25, -0.2) is 0 Å². The van der Waals surface area contributed by atoms with Gasteiger partial charge in [0.05, 0.1) is 0 Å². The van der Waals surface area contributed by atoms with Crippen LogP contribution in [-0.2, 0) is 22.4 Å². The lowest BCUT2D eigenvalue weighted by Crippen LogP contribution is -2.46. The van der Waals surface area contributed by atoms with Crippen molar-refractivity contribution in [1.29, 1.82) is 0 Å². The molecule has 0 aliphatic heterocycles. The number of carbonyl (C=O) groups is 2. The second-order valence-electron chi connectivity index (χ2n) is 7.44. The number of nitrogens with two attached hydrogens (primary N) is 2. The first-order valence-electron chi connectivity index (χ1n) is 8.72. The second-order valence-corrected chi connectivity index (χ2v) is 7.44. The van der Waals surface area contributed by atoms with E-state index in [4.69, 9.17) is 31.9 Å². The summed E-state index contributed by atoms with van der Waals surface area (Å²) in [5.74, 6) is -3.28. The van der Waals surface area contributed by atoms with E-state index in [1.807, 2.05) is 0 Å². The maximum Gasteiger partial charge on any atom is 0.323 e. The SMILES string of the molecule is CC(N)(Cc1ccc(O)c(O)c1)C(=O)O.CC(N)(Cc1ccc(O)c(O)c1)C(=O)O.O. The van der Waals surface area contributed by atoms with E-state index in [2.05, 4.69) is 0 Å². The van der Waals surface area contributed by atoms with E-state index in [1.54, 1.807) is 0 Å². The van der Waals surface area contributed by atoms with Crippen molar-refractivity contribution in [2.45, 2.75) is 37.8 Å². The molecule has 0 aromatic heterocycles. The zero-order valence-electron chi connectivity index (χ0n) is 17.0. The molecule has 2 aromatic carbocycles. The molecule has 2 atom stereocenters. The maximum atomic E-state index is 10.7. The Bertz CT molecular complexity index is 851. The van der Waals surface area contributed by atoms with Gasteiger partial charge >= 0.3 is 11.9 Å². The van der Waals surface area contributed by atoms with Gasteiger partial charge in [-0.2, -0.15) is 0 Å². The number of aromatic hydroxyl groups is 4. The Labute approximate surface area is 178 Å². The molecule has 2 aromatic rings. The fourth-order valence-corrected chi connectivity index (χ4v) is 2.36. The second kappa shape index (κ2) is 10.5. The van der Waals surface area contributed by atoms with Gasteiger partial charge in [0.15, 0.2) is 23.0 Å². The van der Waals surface area contributed by atoms with Crippen LogP contribution in [0.15, 0.2) is 36.4 Å². The number of hydrogen-bond donors (Lipinski definition) is 8. The van der Waals surface area contributed by atoms with Crippen LogP contribution in [0.25, 0.3) is 0 Å². The van der Waals surface area contributed by atoms with Gasteiger partial charge in [0.1, 0.15) is 11.1 Å². The molecule has 0 aliphatic carbocycles. The fourth-order valence-electron chi connectivity index (χ4n) is 2.36. The molecule has 2 unspecified atom stereocenters. The Hall–Kier alpha value is -3.54. The van der Waals surface area contributed by atoms with Crippen molar-refractivity contribution in [2.24, 2.45) is 11.5 Å². The molecule has 0 heterocycles. The molecule has 0 radical (unpaired) electrons. The smallest absolute Gasteiger partial charge is 0.323 e. The highest BCUT2D eigenvalue weighted by Crippen LogP contribution is 2.27. The largest absolute Gasteiger partial charge is 0.504 e. The number of hydrogen-bond acceptors (Lipinski definition) is 8. The van der Waals surface area contributed by atoms with Gasteiger partial charge in [-0.3, -0.25) is 9.59 Å². The number of phenols is 4. The summed E-state index contributed by atoms with van der Waals surface area (Å²) < 4.78 is 0. The Kier molecular flexibility index (Phi) is 9.28. The number of rotatable bonds is 6. The standard InChI is InChI=1S/2C10H13NO4.H2O/c2*1-10(11,9(14)15)5-6-2-3-7(12)8(13)4-6;/h2*2-4,12-13H,5,11H2,1H3,(H,14,15);1H2. The first-order chi connectivity index (χ1) is 13.7. The average molecular weight is 440 g/mol. The minimum atomic E-state index is -1.39. The molecule has 0 spiro atoms. The van der Waals surface area contributed by atoms with E-state index >= 15 is 0 Å². The highest BCUT2D eigenvalue weighted by molar-refractivity contribution is 5.78. The van der Waals surface area contributed by atoms with Crippen LogP contribution < -0.4 is 11.5 Å². The monoisotopic (exact) mass is 440 g/mol. The quantitative estimate of drug-likeness (QED) is 0.281. The van der Waals surface area contributed by atoms with Crippen molar-refractivity contribution in [2.75, 3.05) is 0 Å². The maximum absolute atomic E-state index is 10.7. The Morgan fingerprint density at radius 3 is 1.23 bits per heavy atom. The van der Waals surface area contributed by atoms with Gasteiger partial charge in [0.2, 0.25) is 0 Å². The lowest BCUT2D eigenvalue weighted by atomic mass is 9.94. The molecule has 2 rings (SSSR count). The van der Waals surface area contributed by atoms with Gasteiger partial charge in [0, 0.05) is 12.8 Å². The van der Waals surface area contributed by atoms with Crippen LogP contribution in [0.5, 0.6) is 23.0 Å². The predicted octanol–water partition coefficient (Wildman–Crippen LogP) is 0.0599. The Morgan fingerprint density at radius 2 is 1.00 bits per heavy atom. The molecular formula is C20H28N2O9. The van der Waals surface area contributed by atoms with E-state index < -0.39 is 23.0 Å². The molecule has 0 bridgehead atoms. The van der Waals surface area contributed by atoms with Gasteiger partial charge in [-0.1, -0.05) is 12.1 Å². The summed E-state index contributed by atoms with van der Waals surface area (Å²) >= 11 is 0. The van der Waals surface area contributed by atoms with Crippen molar-refractivity contribution < 1.29 is 45.7 Å². The lowest BCUT2D eigenvalue weighted by molar-refractivity contribution is -0.143. The Morgan fingerprint density at radius 1 is 0.710 bits per heavy atom. The summed E-state index contributed by atoms with van der Waals surface area (Å²) in [4.78, 5) is 21.5. The molecule has 0 saturated carbocycles. The van der Waals surface area contributed by atoms with E-state index in [1.165, 1.54) is 50.2 Å². The molecule has 172 valence electrons. The Balaban J connectivity index is 0.000000562. The van der Waals surface area contributed by atoms with Crippen LogP contribution in [0.4, 0.5) is 0 Å². The summed E-state index contributed by atoms with van der Waals surface area (Å²) in [5.41, 5.74) is 9.41. The molecule has 11 nitrogen and oxygen atoms in total. The highest BCUT2D eigenvalue weighted by Gasteiger charge is 2.29. The number of aliphatic carboxylic acids is 2. The van der Waals surface area contributed by atoms with Crippen LogP contribution in [0, 0.1) is 0 Å². The summed E-state index contributed by atoms with van der Waals surface area (Å²) in [7, 11) is 0. The van der Waals surface area contributed by atoms with Crippen molar-refractivity contribution in [1.82, 2.24) is 0 Å². The number of carboxylic acids is 2. The highest BCUT2D eigenvalue weighted by atomic mass is 16.4. The summed E-state index contributed by atoms with van der Waals surface area (Å²) in [6, 6.07) is 8.21. The third kappa shape index (κ3) is 8.01. The average Bonchev–Trinajstić information content (AvgIpc) is 2.61. The van der Waals surface area contributed by atoms with Gasteiger partial charge in [0.25, 0.3) is 0 Å². The molecule has 31 heavy (non-hydrogen) atoms. The van der Waals surface area contributed by atoms with Crippen molar-refractivity contribution in [3.05, 3.63) is 47.5 Å². The van der Waals surface area contributed by atoms with Gasteiger partial charge < -0.3 is 47.6 Å². The molecule has 0 saturated heterocycles. The van der Waals surface area contributed by atoms with Gasteiger partial charge in [-0.15, -0.1) is 0 Å². The minimum Gasteiger partial charge on any atom is -0.504 e. The van der Waals surface area contributed by atoms with Crippen molar-refractivity contribution >= 4 is 11.9 Å². The van der Waals surface area contributed by atoms with Gasteiger partial charge in [-0.05, 0) is 49.2 Å². The summed E-state index contributed by atoms with van der Waals surface area (Å²) in [6.07, 6.45) is 0.159. The number of phenolic OH excluding ortho intramolecular Hbond substituents is 4. The first kappa shape index (κ1) is 27.5. The fraction of sp³-hybridized carbons (Fsp3) is 0.300. The lowest BCUT2D eigenvalue weighted by Gasteiger charge is -2.19. The third-order valence-corrected chi connectivity index (χ3v) is 4.20. The van der Waals surface area contributed by atoms with Crippen molar-refractivity contribution in [3.8, 4) is 23.0 Å². The number of carboxylic acid groups (broad SMARTS) is 2. The van der Waals surface area contributed by atoms with Crippen LogP contribution >= 0.6 is 0 Å². The molecular weight excluding hydrogens is 412 g/mol. The third-order valence-electron chi connectivity index (χ3n) is 4.20. The van der Waals surface area contributed by atoms with E-state index in [9.17, 15) is 19.8 Å². The molecule has 11 heteroatoms. The molecule has 0 fully saturated rings. The summed E-state index contributed by atoms with van der Waals surface area (Å²) in [6.45, 7) is 2.78. The van der Waals surface area contributed by atoms with Crippen molar-refractivity contribution in [3.63, 3.8) is 0 Å². The topological polar surface area (TPSA) is 239 Å². The zero-order valence-corrected chi connectivity index (χ0v) is 17.0.